The molecule has 1 aromatic rings. The Kier molecular flexibility index (Phi) is 4.22. The van der Waals surface area contributed by atoms with Gasteiger partial charge >= 0.3 is 0 Å². The molecule has 0 aromatic carbocycles. The summed E-state index contributed by atoms with van der Waals surface area (Å²) in [4.78, 5) is 15.5. The molecule has 5 heteroatoms. The van der Waals surface area contributed by atoms with Gasteiger partial charge in [0.1, 0.15) is 0 Å². The van der Waals surface area contributed by atoms with Crippen molar-refractivity contribution in [2.24, 2.45) is 0 Å². The lowest BCUT2D eigenvalue weighted by atomic mass is 10.2. The lowest BCUT2D eigenvalue weighted by molar-refractivity contribution is 0.0935. The number of aromatic nitrogens is 1. The molecule has 0 aliphatic heterocycles. The van der Waals surface area contributed by atoms with Crippen LogP contribution in [0.3, 0.4) is 0 Å². The lowest BCUT2D eigenvalue weighted by Crippen LogP contribution is -2.32. The molecule has 0 saturated carbocycles. The molecule has 0 fully saturated rings. The third kappa shape index (κ3) is 2.68. The highest BCUT2D eigenvalue weighted by molar-refractivity contribution is 5.95. The minimum absolute atomic E-state index is 0.0136. The van der Waals surface area contributed by atoms with Gasteiger partial charge in [0.2, 0.25) is 0 Å². The second kappa shape index (κ2) is 5.44. The topological polar surface area (TPSA) is 54.0 Å². The molecule has 1 aromatic heterocycles. The van der Waals surface area contributed by atoms with Crippen LogP contribution in [-0.4, -0.2) is 24.0 Å². The zero-order valence-electron chi connectivity index (χ0n) is 9.67. The van der Waals surface area contributed by atoms with E-state index in [0.717, 1.165) is 6.42 Å². The van der Waals surface area contributed by atoms with Gasteiger partial charge < -0.3 is 10.6 Å². The Bertz CT molecular complexity index is 381. The fourth-order valence-electron chi connectivity index (χ4n) is 1.20. The van der Waals surface area contributed by atoms with E-state index in [9.17, 15) is 9.18 Å². The number of nitrogens with one attached hydrogen (secondary N) is 2. The molecular formula is C11H16FN3O. The highest BCUT2D eigenvalue weighted by Gasteiger charge is 2.16. The number of hydrogen-bond acceptors (Lipinski definition) is 3. The van der Waals surface area contributed by atoms with E-state index in [2.05, 4.69) is 15.6 Å². The summed E-state index contributed by atoms with van der Waals surface area (Å²) in [5.41, 5.74) is 0.0136. The first-order chi connectivity index (χ1) is 7.60. The number of amides is 1. The third-order valence-electron chi connectivity index (χ3n) is 2.36. The SMILES string of the molecule is CCC(C)NC(=O)c1ccnc(NC)c1F. The second-order valence-electron chi connectivity index (χ2n) is 3.55. The van der Waals surface area contributed by atoms with Gasteiger partial charge in [-0.15, -0.1) is 0 Å². The van der Waals surface area contributed by atoms with Crippen LogP contribution in [0, 0.1) is 5.82 Å². The number of halogens is 1. The van der Waals surface area contributed by atoms with E-state index < -0.39 is 11.7 Å². The summed E-state index contributed by atoms with van der Waals surface area (Å²) in [6.07, 6.45) is 2.21. The van der Waals surface area contributed by atoms with E-state index >= 15 is 0 Å². The summed E-state index contributed by atoms with van der Waals surface area (Å²) in [5.74, 6) is -0.951. The molecule has 1 amide bonds. The van der Waals surface area contributed by atoms with Crippen LogP contribution in [0.5, 0.6) is 0 Å². The number of carbonyl (C=O) groups excluding carboxylic acids is 1. The third-order valence-corrected chi connectivity index (χ3v) is 2.36. The lowest BCUT2D eigenvalue weighted by Gasteiger charge is -2.12. The van der Waals surface area contributed by atoms with Crippen LogP contribution < -0.4 is 10.6 Å². The van der Waals surface area contributed by atoms with E-state index in [4.69, 9.17) is 0 Å². The van der Waals surface area contributed by atoms with Crippen LogP contribution in [0.25, 0.3) is 0 Å². The predicted molar refractivity (Wildman–Crippen MR) is 61.0 cm³/mol. The zero-order valence-corrected chi connectivity index (χ0v) is 9.67. The number of rotatable bonds is 4. The van der Waals surface area contributed by atoms with E-state index in [1.165, 1.54) is 12.3 Å². The van der Waals surface area contributed by atoms with Gasteiger partial charge in [-0.3, -0.25) is 4.79 Å². The standard InChI is InChI=1S/C11H16FN3O/c1-4-7(2)15-11(16)8-5-6-14-10(13-3)9(8)12/h5-7H,4H2,1-3H3,(H,13,14)(H,15,16). The van der Waals surface area contributed by atoms with Crippen LogP contribution in [0.1, 0.15) is 30.6 Å². The Morgan fingerprint density at radius 2 is 2.31 bits per heavy atom. The molecule has 0 saturated heterocycles. The number of hydrogen-bond donors (Lipinski definition) is 2. The van der Waals surface area contributed by atoms with E-state index in [-0.39, 0.29) is 17.4 Å². The quantitative estimate of drug-likeness (QED) is 0.821. The van der Waals surface area contributed by atoms with Crippen molar-refractivity contribution in [3.63, 3.8) is 0 Å². The van der Waals surface area contributed by atoms with E-state index in [0.29, 0.717) is 0 Å². The molecule has 0 aliphatic rings. The molecule has 0 radical (unpaired) electrons. The highest BCUT2D eigenvalue weighted by atomic mass is 19.1. The zero-order chi connectivity index (χ0) is 12.1. The Morgan fingerprint density at radius 1 is 1.62 bits per heavy atom. The Balaban J connectivity index is 2.91. The monoisotopic (exact) mass is 225 g/mol. The molecule has 1 heterocycles. The number of anilines is 1. The fourth-order valence-corrected chi connectivity index (χ4v) is 1.20. The maximum absolute atomic E-state index is 13.7. The second-order valence-corrected chi connectivity index (χ2v) is 3.55. The average Bonchev–Trinajstić information content (AvgIpc) is 2.29. The molecule has 1 atom stereocenters. The maximum Gasteiger partial charge on any atom is 0.254 e. The molecule has 1 unspecified atom stereocenters. The minimum Gasteiger partial charge on any atom is -0.371 e. The van der Waals surface area contributed by atoms with Gasteiger partial charge in [0.15, 0.2) is 11.6 Å². The molecule has 1 rings (SSSR count). The predicted octanol–water partition coefficient (Wildman–Crippen LogP) is 1.79. The van der Waals surface area contributed by atoms with E-state index in [1.54, 1.807) is 7.05 Å². The van der Waals surface area contributed by atoms with Gasteiger partial charge in [0, 0.05) is 19.3 Å². The van der Waals surface area contributed by atoms with Crippen LogP contribution >= 0.6 is 0 Å². The largest absolute Gasteiger partial charge is 0.371 e. The summed E-state index contributed by atoms with van der Waals surface area (Å²) in [6, 6.07) is 1.39. The van der Waals surface area contributed by atoms with Crippen LogP contribution in [0.4, 0.5) is 10.2 Å². The summed E-state index contributed by atoms with van der Waals surface area (Å²) in [6.45, 7) is 3.82. The van der Waals surface area contributed by atoms with Crippen LogP contribution in [0.2, 0.25) is 0 Å². The van der Waals surface area contributed by atoms with Crippen LogP contribution in [0.15, 0.2) is 12.3 Å². The van der Waals surface area contributed by atoms with Crippen molar-refractivity contribution in [1.29, 1.82) is 0 Å². The van der Waals surface area contributed by atoms with Crippen molar-refractivity contribution in [3.8, 4) is 0 Å². The summed E-state index contributed by atoms with van der Waals surface area (Å²) < 4.78 is 13.7. The first-order valence-electron chi connectivity index (χ1n) is 5.23. The molecule has 88 valence electrons. The van der Waals surface area contributed by atoms with Gasteiger partial charge in [0.05, 0.1) is 5.56 Å². The van der Waals surface area contributed by atoms with Gasteiger partial charge in [-0.25, -0.2) is 9.37 Å². The first-order valence-corrected chi connectivity index (χ1v) is 5.23. The Labute approximate surface area is 94.3 Å². The number of carbonyl (C=O) groups is 1. The smallest absolute Gasteiger partial charge is 0.254 e. The summed E-state index contributed by atoms with van der Waals surface area (Å²) >= 11 is 0. The number of nitrogens with zero attached hydrogens (tertiary/aromatic N) is 1. The molecule has 0 bridgehead atoms. The van der Waals surface area contributed by atoms with Gasteiger partial charge in [-0.1, -0.05) is 6.92 Å². The van der Waals surface area contributed by atoms with Crippen molar-refractivity contribution in [2.45, 2.75) is 26.3 Å². The molecular weight excluding hydrogens is 209 g/mol. The van der Waals surface area contributed by atoms with Crippen molar-refractivity contribution >= 4 is 11.7 Å². The first kappa shape index (κ1) is 12.4. The molecule has 16 heavy (non-hydrogen) atoms. The van der Waals surface area contributed by atoms with Crippen molar-refractivity contribution < 1.29 is 9.18 Å². The Morgan fingerprint density at radius 3 is 2.88 bits per heavy atom. The van der Waals surface area contributed by atoms with Crippen molar-refractivity contribution in [1.82, 2.24) is 10.3 Å². The van der Waals surface area contributed by atoms with Crippen molar-refractivity contribution in [2.75, 3.05) is 12.4 Å². The normalized spacial score (nSPS) is 12.0. The van der Waals surface area contributed by atoms with Gasteiger partial charge in [0.25, 0.3) is 5.91 Å². The highest BCUT2D eigenvalue weighted by Crippen LogP contribution is 2.14. The van der Waals surface area contributed by atoms with E-state index in [1.807, 2.05) is 13.8 Å². The van der Waals surface area contributed by atoms with Gasteiger partial charge in [-0.05, 0) is 19.4 Å². The molecule has 4 nitrogen and oxygen atoms in total. The average molecular weight is 225 g/mol. The summed E-state index contributed by atoms with van der Waals surface area (Å²) in [7, 11) is 1.56. The van der Waals surface area contributed by atoms with Crippen LogP contribution in [-0.2, 0) is 0 Å². The maximum atomic E-state index is 13.7. The molecule has 0 spiro atoms. The minimum atomic E-state index is -0.620. The Hall–Kier alpha value is -1.65. The number of pyridine rings is 1. The molecule has 0 aliphatic carbocycles. The summed E-state index contributed by atoms with van der Waals surface area (Å²) in [5, 5.41) is 5.30. The van der Waals surface area contributed by atoms with Crippen molar-refractivity contribution in [3.05, 3.63) is 23.6 Å². The van der Waals surface area contributed by atoms with Gasteiger partial charge in [-0.2, -0.15) is 0 Å². The fraction of sp³-hybridized carbons (Fsp3) is 0.455. The molecule has 2 N–H and O–H groups in total.